The highest BCUT2D eigenvalue weighted by Crippen LogP contribution is 2.25. The largest absolute Gasteiger partial charge is 0.497 e. The minimum Gasteiger partial charge on any atom is -0.497 e. The van der Waals surface area contributed by atoms with Crippen molar-refractivity contribution >= 4 is 5.91 Å². The Kier molecular flexibility index (Phi) is 3.82. The van der Waals surface area contributed by atoms with Crippen LogP contribution in [0.3, 0.4) is 0 Å². The summed E-state index contributed by atoms with van der Waals surface area (Å²) in [5.41, 5.74) is 0.830. The Morgan fingerprint density at radius 2 is 2.27 bits per heavy atom. The van der Waals surface area contributed by atoms with Crippen molar-refractivity contribution in [2.24, 2.45) is 0 Å². The number of carbonyl (C=O) groups excluding carboxylic acids is 1. The summed E-state index contributed by atoms with van der Waals surface area (Å²) in [5.74, 6) is 1.56. The number of nitrogens with one attached hydrogen (secondary N) is 2. The summed E-state index contributed by atoms with van der Waals surface area (Å²) in [7, 11) is 1.60. The maximum absolute atomic E-state index is 12.0. The van der Waals surface area contributed by atoms with Gasteiger partial charge in [-0.05, 0) is 24.3 Å². The summed E-state index contributed by atoms with van der Waals surface area (Å²) in [5, 5.41) is 15.9. The number of nitrogens with zero attached hydrogens (tertiary/aromatic N) is 3. The Labute approximate surface area is 125 Å². The zero-order chi connectivity index (χ0) is 15.4. The van der Waals surface area contributed by atoms with E-state index >= 15 is 0 Å². The molecule has 8 heteroatoms. The van der Waals surface area contributed by atoms with Crippen LogP contribution in [0.2, 0.25) is 0 Å². The van der Waals surface area contributed by atoms with Crippen molar-refractivity contribution in [1.29, 1.82) is 0 Å². The number of tetrazole rings is 1. The average Bonchev–Trinajstić information content (AvgIpc) is 3.24. The molecule has 8 nitrogen and oxygen atoms in total. The number of methoxy groups -OCH3 is 1. The van der Waals surface area contributed by atoms with Crippen molar-refractivity contribution in [3.05, 3.63) is 48.0 Å². The molecule has 0 saturated heterocycles. The molecule has 0 atom stereocenters. The van der Waals surface area contributed by atoms with Crippen LogP contribution in [-0.2, 0) is 6.54 Å². The fourth-order valence-corrected chi connectivity index (χ4v) is 1.90. The van der Waals surface area contributed by atoms with Crippen LogP contribution in [0.15, 0.2) is 40.8 Å². The molecule has 0 unspecified atom stereocenters. The van der Waals surface area contributed by atoms with Crippen molar-refractivity contribution in [2.45, 2.75) is 6.54 Å². The number of aromatic amines is 1. The number of H-pyrrole nitrogens is 1. The smallest absolute Gasteiger partial charge is 0.287 e. The molecule has 22 heavy (non-hydrogen) atoms. The summed E-state index contributed by atoms with van der Waals surface area (Å²) in [6.45, 7) is 0.171. The van der Waals surface area contributed by atoms with E-state index in [2.05, 4.69) is 25.9 Å². The third kappa shape index (κ3) is 2.95. The molecule has 2 heterocycles. The number of amides is 1. The van der Waals surface area contributed by atoms with Crippen LogP contribution < -0.4 is 10.1 Å². The van der Waals surface area contributed by atoms with E-state index in [9.17, 15) is 4.79 Å². The molecule has 1 amide bonds. The molecule has 0 spiro atoms. The lowest BCUT2D eigenvalue weighted by Gasteiger charge is -2.02. The highest BCUT2D eigenvalue weighted by molar-refractivity contribution is 5.92. The van der Waals surface area contributed by atoms with E-state index in [0.717, 1.165) is 11.3 Å². The normalized spacial score (nSPS) is 10.4. The van der Waals surface area contributed by atoms with Gasteiger partial charge in [0.2, 0.25) is 0 Å². The Bertz CT molecular complexity index is 766. The van der Waals surface area contributed by atoms with E-state index in [4.69, 9.17) is 9.15 Å². The zero-order valence-corrected chi connectivity index (χ0v) is 11.7. The number of ether oxygens (including phenoxy) is 1. The van der Waals surface area contributed by atoms with Gasteiger partial charge in [-0.15, -0.1) is 10.2 Å². The lowest BCUT2D eigenvalue weighted by Crippen LogP contribution is -2.22. The molecule has 0 aliphatic heterocycles. The van der Waals surface area contributed by atoms with Gasteiger partial charge in [-0.2, -0.15) is 5.21 Å². The second-order valence-corrected chi connectivity index (χ2v) is 4.41. The van der Waals surface area contributed by atoms with E-state index < -0.39 is 0 Å². The van der Waals surface area contributed by atoms with Gasteiger partial charge in [0.1, 0.15) is 11.5 Å². The van der Waals surface area contributed by atoms with Gasteiger partial charge in [0, 0.05) is 5.56 Å². The number of furan rings is 1. The van der Waals surface area contributed by atoms with Crippen LogP contribution in [0.4, 0.5) is 0 Å². The molecule has 3 aromatic rings. The van der Waals surface area contributed by atoms with Crippen LogP contribution in [0, 0.1) is 0 Å². The van der Waals surface area contributed by atoms with Crippen LogP contribution in [0.25, 0.3) is 11.3 Å². The Morgan fingerprint density at radius 1 is 1.36 bits per heavy atom. The van der Waals surface area contributed by atoms with Gasteiger partial charge in [0.25, 0.3) is 5.91 Å². The van der Waals surface area contributed by atoms with Gasteiger partial charge in [-0.3, -0.25) is 4.79 Å². The topological polar surface area (TPSA) is 106 Å². The minimum atomic E-state index is -0.348. The molecule has 0 aliphatic carbocycles. The summed E-state index contributed by atoms with van der Waals surface area (Å²) in [6, 6.07) is 10.7. The fraction of sp³-hybridized carbons (Fsp3) is 0.143. The first-order chi connectivity index (χ1) is 10.8. The molecule has 2 N–H and O–H groups in total. The lowest BCUT2D eigenvalue weighted by molar-refractivity contribution is 0.0923. The first-order valence-corrected chi connectivity index (χ1v) is 6.51. The van der Waals surface area contributed by atoms with Gasteiger partial charge in [-0.1, -0.05) is 17.3 Å². The van der Waals surface area contributed by atoms with Crippen molar-refractivity contribution in [3.63, 3.8) is 0 Å². The first-order valence-electron chi connectivity index (χ1n) is 6.51. The van der Waals surface area contributed by atoms with E-state index in [-0.39, 0.29) is 18.2 Å². The van der Waals surface area contributed by atoms with E-state index in [1.165, 1.54) is 0 Å². The van der Waals surface area contributed by atoms with Crippen LogP contribution in [0.5, 0.6) is 5.75 Å². The number of aromatic nitrogens is 4. The molecule has 0 aliphatic rings. The van der Waals surface area contributed by atoms with E-state index in [1.54, 1.807) is 19.2 Å². The second-order valence-electron chi connectivity index (χ2n) is 4.41. The fourth-order valence-electron chi connectivity index (χ4n) is 1.90. The molecule has 0 bridgehead atoms. The molecule has 0 saturated carbocycles. The monoisotopic (exact) mass is 299 g/mol. The third-order valence-corrected chi connectivity index (χ3v) is 2.98. The Morgan fingerprint density at radius 3 is 3.05 bits per heavy atom. The van der Waals surface area contributed by atoms with Crippen molar-refractivity contribution in [1.82, 2.24) is 25.9 Å². The van der Waals surface area contributed by atoms with E-state index in [0.29, 0.717) is 11.6 Å². The van der Waals surface area contributed by atoms with Crippen molar-refractivity contribution < 1.29 is 13.9 Å². The van der Waals surface area contributed by atoms with Gasteiger partial charge in [-0.25, -0.2) is 0 Å². The number of rotatable bonds is 5. The number of hydrogen-bond donors (Lipinski definition) is 2. The van der Waals surface area contributed by atoms with E-state index in [1.807, 2.05) is 24.3 Å². The molecule has 2 aromatic heterocycles. The maximum atomic E-state index is 12.0. The predicted octanol–water partition coefficient (Wildman–Crippen LogP) is 1.40. The number of hydrogen-bond acceptors (Lipinski definition) is 6. The standard InChI is InChI=1S/C14H13N5O3/c1-21-10-4-2-3-9(7-10)11-5-6-12(22-11)14(20)15-8-13-16-18-19-17-13/h2-7H,8H2,1H3,(H,15,20)(H,16,17,18,19). The van der Waals surface area contributed by atoms with Gasteiger partial charge >= 0.3 is 0 Å². The summed E-state index contributed by atoms with van der Waals surface area (Å²) in [6.07, 6.45) is 0. The Hall–Kier alpha value is -3.16. The molecule has 112 valence electrons. The predicted molar refractivity (Wildman–Crippen MR) is 76.0 cm³/mol. The highest BCUT2D eigenvalue weighted by Gasteiger charge is 2.13. The highest BCUT2D eigenvalue weighted by atomic mass is 16.5. The number of carbonyl (C=O) groups is 1. The van der Waals surface area contributed by atoms with Crippen LogP contribution in [-0.4, -0.2) is 33.6 Å². The molecule has 1 aromatic carbocycles. The van der Waals surface area contributed by atoms with Gasteiger partial charge in [0.15, 0.2) is 11.6 Å². The first kappa shape index (κ1) is 13.8. The summed E-state index contributed by atoms with van der Waals surface area (Å²) < 4.78 is 10.7. The molecular formula is C14H13N5O3. The van der Waals surface area contributed by atoms with Crippen LogP contribution in [0.1, 0.15) is 16.4 Å². The SMILES string of the molecule is COc1cccc(-c2ccc(C(=O)NCc3nn[nH]n3)o2)c1. The molecular weight excluding hydrogens is 286 g/mol. The Balaban J connectivity index is 1.71. The zero-order valence-electron chi connectivity index (χ0n) is 11.7. The minimum absolute atomic E-state index is 0.171. The van der Waals surface area contributed by atoms with Crippen molar-refractivity contribution in [3.8, 4) is 17.1 Å². The summed E-state index contributed by atoms with van der Waals surface area (Å²) >= 11 is 0. The van der Waals surface area contributed by atoms with Gasteiger partial charge < -0.3 is 14.5 Å². The quantitative estimate of drug-likeness (QED) is 0.737. The summed E-state index contributed by atoms with van der Waals surface area (Å²) in [4.78, 5) is 12.0. The number of benzene rings is 1. The molecule has 0 fully saturated rings. The second kappa shape index (κ2) is 6.08. The molecule has 0 radical (unpaired) electrons. The average molecular weight is 299 g/mol. The molecule has 3 rings (SSSR count). The van der Waals surface area contributed by atoms with Crippen molar-refractivity contribution in [2.75, 3.05) is 7.11 Å². The lowest BCUT2D eigenvalue weighted by atomic mass is 10.2. The van der Waals surface area contributed by atoms with Gasteiger partial charge in [0.05, 0.1) is 13.7 Å². The van der Waals surface area contributed by atoms with Crippen LogP contribution >= 0.6 is 0 Å². The third-order valence-electron chi connectivity index (χ3n) is 2.98. The maximum Gasteiger partial charge on any atom is 0.287 e.